The highest BCUT2D eigenvalue weighted by atomic mass is 35.5. The number of likely N-dealkylation sites (tertiary alicyclic amines) is 1. The maximum Gasteiger partial charge on any atom is 0.416 e. The summed E-state index contributed by atoms with van der Waals surface area (Å²) in [7, 11) is 1.90. The van der Waals surface area contributed by atoms with Crippen LogP contribution in [0.1, 0.15) is 43.2 Å². The first kappa shape index (κ1) is 25.3. The highest BCUT2D eigenvalue weighted by molar-refractivity contribution is 5.85. The number of nitrogens with one attached hydrogen (secondary N) is 1. The first-order valence-corrected chi connectivity index (χ1v) is 10.7. The van der Waals surface area contributed by atoms with Gasteiger partial charge in [0, 0.05) is 25.2 Å². The Kier molecular flexibility index (Phi) is 9.51. The molecule has 7 heteroatoms. The fourth-order valence-electron chi connectivity index (χ4n) is 4.14. The first-order chi connectivity index (χ1) is 14.4. The van der Waals surface area contributed by atoms with Crippen LogP contribution in [0, 0.1) is 5.92 Å². The lowest BCUT2D eigenvalue weighted by Crippen LogP contribution is -2.42. The van der Waals surface area contributed by atoms with Gasteiger partial charge >= 0.3 is 6.18 Å². The van der Waals surface area contributed by atoms with Crippen LogP contribution in [0.15, 0.2) is 48.5 Å². The molecule has 0 radical (unpaired) electrons. The van der Waals surface area contributed by atoms with Crippen LogP contribution in [-0.4, -0.2) is 38.2 Å². The number of halogens is 4. The van der Waals surface area contributed by atoms with Gasteiger partial charge in [-0.1, -0.05) is 25.5 Å². The van der Waals surface area contributed by atoms with Gasteiger partial charge in [-0.25, -0.2) is 0 Å². The number of hydrogen-bond donors (Lipinski definition) is 1. The van der Waals surface area contributed by atoms with Crippen molar-refractivity contribution in [1.29, 1.82) is 0 Å². The van der Waals surface area contributed by atoms with E-state index in [9.17, 15) is 13.2 Å². The molecule has 2 aromatic carbocycles. The van der Waals surface area contributed by atoms with Crippen molar-refractivity contribution in [3.63, 3.8) is 0 Å². The first-order valence-electron chi connectivity index (χ1n) is 10.7. The average molecular weight is 457 g/mol. The fraction of sp³-hybridized carbons (Fsp3) is 0.500. The largest absolute Gasteiger partial charge is 0.493 e. The summed E-state index contributed by atoms with van der Waals surface area (Å²) in [5, 5.41) is 3.15. The van der Waals surface area contributed by atoms with E-state index in [1.807, 2.05) is 7.05 Å². The third kappa shape index (κ3) is 7.04. The highest BCUT2D eigenvalue weighted by Crippen LogP contribution is 2.35. The Hall–Kier alpha value is -1.92. The van der Waals surface area contributed by atoms with Crippen molar-refractivity contribution in [3.05, 3.63) is 59.7 Å². The molecule has 2 atom stereocenters. The smallest absolute Gasteiger partial charge is 0.416 e. The van der Waals surface area contributed by atoms with E-state index in [-0.39, 0.29) is 12.4 Å². The molecule has 31 heavy (non-hydrogen) atoms. The molecule has 3 nitrogen and oxygen atoms in total. The molecule has 0 aliphatic carbocycles. The number of nitrogens with zero attached hydrogens (tertiary/aromatic N) is 1. The van der Waals surface area contributed by atoms with Crippen LogP contribution < -0.4 is 10.1 Å². The molecule has 0 spiro atoms. The number of rotatable bonds is 8. The molecule has 172 valence electrons. The SMILES string of the molecule is CCCCN1CC[C@H](c2ccc(NC)cc2)[C@@H](COc2ccc(C(F)(F)F)cc2)C1.Cl. The van der Waals surface area contributed by atoms with E-state index in [1.165, 1.54) is 24.1 Å². The molecule has 1 N–H and O–H groups in total. The maximum absolute atomic E-state index is 12.8. The topological polar surface area (TPSA) is 24.5 Å². The van der Waals surface area contributed by atoms with Crippen LogP contribution in [-0.2, 0) is 6.18 Å². The van der Waals surface area contributed by atoms with Crippen molar-refractivity contribution in [2.45, 2.75) is 38.3 Å². The van der Waals surface area contributed by atoms with Crippen molar-refractivity contribution in [2.75, 3.05) is 38.6 Å². The van der Waals surface area contributed by atoms with Crippen LogP contribution in [0.3, 0.4) is 0 Å². The Morgan fingerprint density at radius 3 is 2.32 bits per heavy atom. The zero-order valence-electron chi connectivity index (χ0n) is 18.1. The number of alkyl halides is 3. The number of unbranched alkanes of at least 4 members (excludes halogenated alkanes) is 1. The summed E-state index contributed by atoms with van der Waals surface area (Å²) < 4.78 is 44.3. The van der Waals surface area contributed by atoms with Crippen molar-refractivity contribution < 1.29 is 17.9 Å². The second-order valence-electron chi connectivity index (χ2n) is 8.01. The monoisotopic (exact) mass is 456 g/mol. The summed E-state index contributed by atoms with van der Waals surface area (Å²) in [6.07, 6.45) is -0.928. The van der Waals surface area contributed by atoms with Crippen LogP contribution in [0.4, 0.5) is 18.9 Å². The molecule has 1 fully saturated rings. The molecule has 1 saturated heterocycles. The number of benzene rings is 2. The Morgan fingerprint density at radius 2 is 1.74 bits per heavy atom. The Balaban J connectivity index is 0.00000341. The van der Waals surface area contributed by atoms with Gasteiger partial charge in [0.2, 0.25) is 0 Å². The lowest BCUT2D eigenvalue weighted by Gasteiger charge is -2.39. The Morgan fingerprint density at radius 1 is 1.06 bits per heavy atom. The van der Waals surface area contributed by atoms with Gasteiger partial charge in [-0.2, -0.15) is 13.2 Å². The number of hydrogen-bond acceptors (Lipinski definition) is 3. The molecule has 0 amide bonds. The molecule has 1 aliphatic rings. The van der Waals surface area contributed by atoms with Crippen LogP contribution in [0.25, 0.3) is 0 Å². The summed E-state index contributed by atoms with van der Waals surface area (Å²) in [6.45, 7) is 5.78. The quantitative estimate of drug-likeness (QED) is 0.493. The predicted octanol–water partition coefficient (Wildman–Crippen LogP) is 6.45. The van der Waals surface area contributed by atoms with Gasteiger partial charge in [0.05, 0.1) is 12.2 Å². The van der Waals surface area contributed by atoms with Gasteiger partial charge < -0.3 is 15.0 Å². The van der Waals surface area contributed by atoms with E-state index in [2.05, 4.69) is 41.4 Å². The van der Waals surface area contributed by atoms with Crippen molar-refractivity contribution in [3.8, 4) is 5.75 Å². The number of ether oxygens (including phenoxy) is 1. The highest BCUT2D eigenvalue weighted by Gasteiger charge is 2.32. The van der Waals surface area contributed by atoms with Gasteiger partial charge in [-0.05, 0) is 73.8 Å². The average Bonchev–Trinajstić information content (AvgIpc) is 2.76. The van der Waals surface area contributed by atoms with E-state index >= 15 is 0 Å². The zero-order chi connectivity index (χ0) is 21.6. The molecule has 1 heterocycles. The summed E-state index contributed by atoms with van der Waals surface area (Å²) in [6, 6.07) is 13.5. The molecule has 0 aromatic heterocycles. The molecule has 3 rings (SSSR count). The van der Waals surface area contributed by atoms with Crippen LogP contribution in [0.2, 0.25) is 0 Å². The number of anilines is 1. The molecular formula is C24H32ClF3N2O. The molecule has 0 saturated carbocycles. The van der Waals surface area contributed by atoms with Crippen LogP contribution in [0.5, 0.6) is 5.75 Å². The van der Waals surface area contributed by atoms with E-state index < -0.39 is 11.7 Å². The van der Waals surface area contributed by atoms with E-state index in [0.29, 0.717) is 24.2 Å². The van der Waals surface area contributed by atoms with Crippen molar-refractivity contribution >= 4 is 18.1 Å². The summed E-state index contributed by atoms with van der Waals surface area (Å²) >= 11 is 0. The van der Waals surface area contributed by atoms with Crippen molar-refractivity contribution in [1.82, 2.24) is 4.90 Å². The third-order valence-corrected chi connectivity index (χ3v) is 5.92. The van der Waals surface area contributed by atoms with Gasteiger partial charge in [-0.15, -0.1) is 12.4 Å². The minimum absolute atomic E-state index is 0. The summed E-state index contributed by atoms with van der Waals surface area (Å²) in [5.41, 5.74) is 1.72. The standard InChI is InChI=1S/C24H31F3N2O.ClH/c1-3-4-14-29-15-13-23(18-5-9-21(28-2)10-6-18)19(16-29)17-30-22-11-7-20(8-12-22)24(25,26)27;/h5-12,19,23,28H,3-4,13-17H2,1-2H3;1H/t19-,23-;/m1./s1. The molecule has 0 unspecified atom stereocenters. The minimum atomic E-state index is -4.33. The van der Waals surface area contributed by atoms with Gasteiger partial charge in [0.1, 0.15) is 5.75 Å². The normalized spacial score (nSPS) is 19.5. The Labute approximate surface area is 189 Å². The third-order valence-electron chi connectivity index (χ3n) is 5.92. The molecular weight excluding hydrogens is 425 g/mol. The fourth-order valence-corrected chi connectivity index (χ4v) is 4.14. The molecule has 0 bridgehead atoms. The summed E-state index contributed by atoms with van der Waals surface area (Å²) in [4.78, 5) is 2.49. The molecule has 2 aromatic rings. The van der Waals surface area contributed by atoms with E-state index in [4.69, 9.17) is 4.74 Å². The number of piperidine rings is 1. The lowest BCUT2D eigenvalue weighted by atomic mass is 9.80. The second-order valence-corrected chi connectivity index (χ2v) is 8.01. The van der Waals surface area contributed by atoms with Crippen molar-refractivity contribution in [2.24, 2.45) is 5.92 Å². The summed E-state index contributed by atoms with van der Waals surface area (Å²) in [5.74, 6) is 1.15. The van der Waals surface area contributed by atoms with Gasteiger partial charge in [0.25, 0.3) is 0 Å². The lowest BCUT2D eigenvalue weighted by molar-refractivity contribution is -0.137. The molecule has 1 aliphatic heterocycles. The minimum Gasteiger partial charge on any atom is -0.493 e. The van der Waals surface area contributed by atoms with Gasteiger partial charge in [0.15, 0.2) is 0 Å². The van der Waals surface area contributed by atoms with Crippen LogP contribution >= 0.6 is 12.4 Å². The Bertz CT molecular complexity index is 781. The van der Waals surface area contributed by atoms with E-state index in [1.54, 1.807) is 0 Å². The zero-order valence-corrected chi connectivity index (χ0v) is 18.9. The van der Waals surface area contributed by atoms with Gasteiger partial charge in [-0.3, -0.25) is 0 Å². The maximum atomic E-state index is 12.8. The van der Waals surface area contributed by atoms with E-state index in [0.717, 1.165) is 50.3 Å². The second kappa shape index (κ2) is 11.6. The predicted molar refractivity (Wildman–Crippen MR) is 122 cm³/mol.